The van der Waals surface area contributed by atoms with E-state index in [0.717, 1.165) is 0 Å². The highest BCUT2D eigenvalue weighted by Gasteiger charge is 2.29. The fourth-order valence-electron chi connectivity index (χ4n) is 2.46. The summed E-state index contributed by atoms with van der Waals surface area (Å²) in [5.74, 6) is -0.352. The van der Waals surface area contributed by atoms with Gasteiger partial charge in [-0.2, -0.15) is 0 Å². The summed E-state index contributed by atoms with van der Waals surface area (Å²) in [5, 5.41) is 2.55. The molecule has 1 N–H and O–H groups in total. The molecule has 1 aliphatic rings. The smallest absolute Gasteiger partial charge is 0.338 e. The van der Waals surface area contributed by atoms with E-state index in [1.54, 1.807) is 6.07 Å². The maximum absolute atomic E-state index is 12.0. The highest BCUT2D eigenvalue weighted by atomic mass is 32.2. The van der Waals surface area contributed by atoms with Crippen molar-refractivity contribution in [1.82, 2.24) is 5.32 Å². The summed E-state index contributed by atoms with van der Waals surface area (Å²) < 4.78 is 38.2. The standard InChI is InChI=1S/C16H21NO7S/c1-3-23-13-5-4-11(8-14(13)22-2)16(19)24-9-15(18)17-12-6-7-25(20,21)10-12/h4-5,8,12H,3,6-7,9-10H2,1-2H3,(H,17,18). The van der Waals surface area contributed by atoms with Gasteiger partial charge in [-0.3, -0.25) is 4.79 Å². The summed E-state index contributed by atoms with van der Waals surface area (Å²) in [6, 6.07) is 4.14. The molecule has 9 heteroatoms. The van der Waals surface area contributed by atoms with Crippen LogP contribution in [0.2, 0.25) is 0 Å². The first-order valence-corrected chi connectivity index (χ1v) is 9.64. The zero-order valence-corrected chi connectivity index (χ0v) is 14.9. The number of ether oxygens (including phenoxy) is 3. The maximum atomic E-state index is 12.0. The maximum Gasteiger partial charge on any atom is 0.338 e. The van der Waals surface area contributed by atoms with Gasteiger partial charge < -0.3 is 19.5 Å². The van der Waals surface area contributed by atoms with E-state index in [1.165, 1.54) is 19.2 Å². The first kappa shape index (κ1) is 19.0. The van der Waals surface area contributed by atoms with Gasteiger partial charge in [0.25, 0.3) is 5.91 Å². The number of carbonyl (C=O) groups excluding carboxylic acids is 2. The first-order chi connectivity index (χ1) is 11.8. The summed E-state index contributed by atoms with van der Waals surface area (Å²) >= 11 is 0. The van der Waals surface area contributed by atoms with E-state index in [1.807, 2.05) is 6.92 Å². The van der Waals surface area contributed by atoms with Crippen LogP contribution >= 0.6 is 0 Å². The quantitative estimate of drug-likeness (QED) is 0.698. The van der Waals surface area contributed by atoms with Crippen LogP contribution < -0.4 is 14.8 Å². The Balaban J connectivity index is 1.88. The van der Waals surface area contributed by atoms with Gasteiger partial charge in [-0.05, 0) is 31.5 Å². The van der Waals surface area contributed by atoms with E-state index >= 15 is 0 Å². The molecular formula is C16H21NO7S. The molecule has 1 unspecified atom stereocenters. The van der Waals surface area contributed by atoms with Crippen LogP contribution in [-0.2, 0) is 19.4 Å². The van der Waals surface area contributed by atoms with Crippen molar-refractivity contribution in [3.63, 3.8) is 0 Å². The van der Waals surface area contributed by atoms with Crippen molar-refractivity contribution in [2.24, 2.45) is 0 Å². The molecule has 1 saturated heterocycles. The average molecular weight is 371 g/mol. The fourth-order valence-corrected chi connectivity index (χ4v) is 4.14. The van der Waals surface area contributed by atoms with Gasteiger partial charge in [0.15, 0.2) is 27.9 Å². The molecule has 1 amide bonds. The molecule has 0 aliphatic carbocycles. The molecule has 1 aliphatic heterocycles. The summed E-state index contributed by atoms with van der Waals surface area (Å²) in [7, 11) is -1.63. The molecule has 1 fully saturated rings. The number of benzene rings is 1. The lowest BCUT2D eigenvalue weighted by atomic mass is 10.2. The number of sulfone groups is 1. The lowest BCUT2D eigenvalue weighted by Crippen LogP contribution is -2.38. The van der Waals surface area contributed by atoms with Gasteiger partial charge in [0.1, 0.15) is 0 Å². The number of amides is 1. The van der Waals surface area contributed by atoms with Crippen LogP contribution in [0.25, 0.3) is 0 Å². The topological polar surface area (TPSA) is 108 Å². The van der Waals surface area contributed by atoms with Gasteiger partial charge in [0, 0.05) is 6.04 Å². The van der Waals surface area contributed by atoms with Crippen molar-refractivity contribution in [3.05, 3.63) is 23.8 Å². The Morgan fingerprint density at radius 1 is 1.28 bits per heavy atom. The Morgan fingerprint density at radius 3 is 2.64 bits per heavy atom. The van der Waals surface area contributed by atoms with Crippen molar-refractivity contribution in [2.75, 3.05) is 31.8 Å². The van der Waals surface area contributed by atoms with Gasteiger partial charge in [-0.15, -0.1) is 0 Å². The number of hydrogen-bond donors (Lipinski definition) is 1. The number of methoxy groups -OCH3 is 1. The Kier molecular flexibility index (Phi) is 6.24. The van der Waals surface area contributed by atoms with Crippen LogP contribution in [0.1, 0.15) is 23.7 Å². The highest BCUT2D eigenvalue weighted by Crippen LogP contribution is 2.28. The normalized spacial score (nSPS) is 18.4. The van der Waals surface area contributed by atoms with Crippen LogP contribution in [0.15, 0.2) is 18.2 Å². The van der Waals surface area contributed by atoms with Gasteiger partial charge in [0.05, 0.1) is 30.8 Å². The summed E-state index contributed by atoms with van der Waals surface area (Å²) in [4.78, 5) is 23.8. The molecule has 1 aromatic carbocycles. The fraction of sp³-hybridized carbons (Fsp3) is 0.500. The molecule has 8 nitrogen and oxygen atoms in total. The van der Waals surface area contributed by atoms with Gasteiger partial charge in [-0.25, -0.2) is 13.2 Å². The molecule has 1 atom stereocenters. The third-order valence-electron chi connectivity index (χ3n) is 3.63. The zero-order valence-electron chi connectivity index (χ0n) is 14.1. The Morgan fingerprint density at radius 2 is 2.04 bits per heavy atom. The molecule has 0 spiro atoms. The summed E-state index contributed by atoms with van der Waals surface area (Å²) in [5.41, 5.74) is 0.219. The second kappa shape index (κ2) is 8.19. The monoisotopic (exact) mass is 371 g/mol. The number of carbonyl (C=O) groups is 2. The minimum Gasteiger partial charge on any atom is -0.493 e. The van der Waals surface area contributed by atoms with Crippen LogP contribution in [0.4, 0.5) is 0 Å². The largest absolute Gasteiger partial charge is 0.493 e. The lowest BCUT2D eigenvalue weighted by Gasteiger charge is -2.12. The highest BCUT2D eigenvalue weighted by molar-refractivity contribution is 7.91. The molecule has 2 rings (SSSR count). The van der Waals surface area contributed by atoms with Crippen LogP contribution in [0, 0.1) is 0 Å². The Bertz CT molecular complexity index is 745. The van der Waals surface area contributed by atoms with Gasteiger partial charge in [-0.1, -0.05) is 0 Å². The van der Waals surface area contributed by atoms with E-state index < -0.39 is 34.4 Å². The van der Waals surface area contributed by atoms with E-state index in [0.29, 0.717) is 24.5 Å². The van der Waals surface area contributed by atoms with E-state index in [-0.39, 0.29) is 17.1 Å². The molecule has 1 heterocycles. The van der Waals surface area contributed by atoms with E-state index in [2.05, 4.69) is 5.32 Å². The SMILES string of the molecule is CCOc1ccc(C(=O)OCC(=O)NC2CCS(=O)(=O)C2)cc1OC. The van der Waals surface area contributed by atoms with Crippen molar-refractivity contribution in [3.8, 4) is 11.5 Å². The molecule has 25 heavy (non-hydrogen) atoms. The van der Waals surface area contributed by atoms with Crippen molar-refractivity contribution in [1.29, 1.82) is 0 Å². The second-order valence-electron chi connectivity index (χ2n) is 5.54. The molecule has 138 valence electrons. The average Bonchev–Trinajstić information content (AvgIpc) is 2.91. The molecular weight excluding hydrogens is 350 g/mol. The summed E-state index contributed by atoms with van der Waals surface area (Å²) in [6.07, 6.45) is 0.373. The third-order valence-corrected chi connectivity index (χ3v) is 5.40. The zero-order chi connectivity index (χ0) is 18.4. The molecule has 0 saturated carbocycles. The predicted octanol–water partition coefficient (Wildman–Crippen LogP) is 0.554. The minimum atomic E-state index is -3.08. The number of nitrogens with one attached hydrogen (secondary N) is 1. The predicted molar refractivity (Wildman–Crippen MR) is 89.6 cm³/mol. The Labute approximate surface area is 146 Å². The number of esters is 1. The van der Waals surface area contributed by atoms with Crippen LogP contribution in [-0.4, -0.2) is 58.2 Å². The first-order valence-electron chi connectivity index (χ1n) is 7.82. The Hall–Kier alpha value is -2.29. The van der Waals surface area contributed by atoms with E-state index in [9.17, 15) is 18.0 Å². The van der Waals surface area contributed by atoms with Crippen molar-refractivity contribution in [2.45, 2.75) is 19.4 Å². The van der Waals surface area contributed by atoms with Crippen LogP contribution in [0.5, 0.6) is 11.5 Å². The van der Waals surface area contributed by atoms with Crippen LogP contribution in [0.3, 0.4) is 0 Å². The molecule has 1 aromatic rings. The number of hydrogen-bond acceptors (Lipinski definition) is 7. The minimum absolute atomic E-state index is 0.0592. The van der Waals surface area contributed by atoms with Crippen molar-refractivity contribution < 1.29 is 32.2 Å². The molecule has 0 radical (unpaired) electrons. The van der Waals surface area contributed by atoms with E-state index in [4.69, 9.17) is 14.2 Å². The third kappa shape index (κ3) is 5.35. The van der Waals surface area contributed by atoms with Crippen molar-refractivity contribution >= 4 is 21.7 Å². The second-order valence-corrected chi connectivity index (χ2v) is 7.77. The molecule has 0 aromatic heterocycles. The van der Waals surface area contributed by atoms with Gasteiger partial charge >= 0.3 is 5.97 Å². The summed E-state index contributed by atoms with van der Waals surface area (Å²) in [6.45, 7) is 1.80. The molecule has 0 bridgehead atoms. The van der Waals surface area contributed by atoms with Gasteiger partial charge in [0.2, 0.25) is 0 Å². The number of rotatable bonds is 7. The lowest BCUT2D eigenvalue weighted by molar-refractivity contribution is -0.124.